The molecule has 0 saturated heterocycles. The van der Waals surface area contributed by atoms with Gasteiger partial charge >= 0.3 is 0 Å². The summed E-state index contributed by atoms with van der Waals surface area (Å²) in [5, 5.41) is 14.8. The van der Waals surface area contributed by atoms with E-state index in [2.05, 4.69) is 160 Å². The molecule has 8 nitrogen and oxygen atoms in total. The number of hydrogen-bond donors (Lipinski definition) is 4. The fourth-order valence-corrected chi connectivity index (χ4v) is 22.4. The molecule has 8 heteroatoms. The van der Waals surface area contributed by atoms with E-state index in [0.717, 1.165) is 182 Å². The van der Waals surface area contributed by atoms with Crippen LogP contribution in [0.3, 0.4) is 0 Å². The zero-order valence-electron chi connectivity index (χ0n) is 54.2. The Balaban J connectivity index is 0.630. The molecule has 8 saturated carbocycles. The van der Waals surface area contributed by atoms with E-state index in [1.165, 1.54) is 128 Å². The molecule has 24 bridgehead atoms. The fourth-order valence-electron chi connectivity index (χ4n) is 22.4. The predicted octanol–water partition coefficient (Wildman–Crippen LogP) is 19.6. The molecule has 0 aromatic heterocycles. The number of ether oxygens (including phenoxy) is 4. The van der Waals surface area contributed by atoms with Gasteiger partial charge in [-0.3, -0.25) is 0 Å². The third kappa shape index (κ3) is 12.5. The molecule has 4 aromatic carbocycles. The molecular weight excluding hydrogens is 1060 g/mol. The molecule has 4 aromatic rings. The van der Waals surface area contributed by atoms with Gasteiger partial charge in [0.25, 0.3) is 0 Å². The highest BCUT2D eigenvalue weighted by atomic mass is 16.5. The number of anilines is 4. The lowest BCUT2D eigenvalue weighted by atomic mass is 9.44. The average Bonchev–Trinajstić information content (AvgIpc) is 1.40. The first kappa shape index (κ1) is 60.2. The Bertz CT molecular complexity index is 2690. The van der Waals surface area contributed by atoms with Crippen molar-refractivity contribution in [3.05, 3.63) is 97.1 Å². The van der Waals surface area contributed by atoms with Crippen molar-refractivity contribution in [3.8, 4) is 23.0 Å². The van der Waals surface area contributed by atoms with Gasteiger partial charge in [0.05, 0.1) is 25.4 Å². The molecule has 0 amide bonds. The minimum Gasteiger partial charge on any atom is -0.494 e. The maximum atomic E-state index is 6.90. The summed E-state index contributed by atoms with van der Waals surface area (Å²) in [6.45, 7) is 21.3. The van der Waals surface area contributed by atoms with E-state index in [-0.39, 0.29) is 0 Å². The van der Waals surface area contributed by atoms with E-state index >= 15 is 0 Å². The van der Waals surface area contributed by atoms with E-state index in [4.69, 9.17) is 18.9 Å². The molecule has 4 N–H and O–H groups in total. The smallest absolute Gasteiger partial charge is 0.121 e. The van der Waals surface area contributed by atoms with Crippen LogP contribution in [-0.2, 0) is 0 Å². The summed E-state index contributed by atoms with van der Waals surface area (Å²) in [6.07, 6.45) is 31.9. The Kier molecular flexibility index (Phi) is 18.2. The highest BCUT2D eigenvalue weighted by Crippen LogP contribution is 2.70. The summed E-state index contributed by atoms with van der Waals surface area (Å²) in [5.74, 6) is 14.0. The third-order valence-electron chi connectivity index (χ3n) is 26.9. The SMILES string of the molecule is C[C@@H]1CCCOc2cccc(c2)NCCCNc2cccc(c2)O[C@H]2CC[C@@]3(C)[C@H](CC[C@@H]4[C@@H]3CC[C@]3(C)[C@H](CC[C@@H]43)[C@H](C)CCCOc3cccc(c3)NCCCNc3cccc(c3)O[C@H]3CC[C@@]4(C)[C@H](CC[C@@H]5[C@@H]4CC[C@]4(C)[C@@H]1CC[C@@H]54)C3)C2. The second kappa shape index (κ2) is 26.0. The van der Waals surface area contributed by atoms with Crippen LogP contribution in [0.2, 0.25) is 0 Å². The van der Waals surface area contributed by atoms with Crippen LogP contribution in [0.4, 0.5) is 22.7 Å². The number of rotatable bonds is 0. The maximum absolute atomic E-state index is 6.90. The van der Waals surface area contributed by atoms with Gasteiger partial charge in [0.15, 0.2) is 0 Å². The highest BCUT2D eigenvalue weighted by Gasteiger charge is 2.62. The van der Waals surface area contributed by atoms with Gasteiger partial charge in [-0.2, -0.15) is 0 Å². The van der Waals surface area contributed by atoms with E-state index in [1.54, 1.807) is 0 Å². The summed E-state index contributed by atoms with van der Waals surface area (Å²) in [7, 11) is 0. The Hall–Kier alpha value is -4.72. The molecule has 20 rings (SSSR count). The maximum Gasteiger partial charge on any atom is 0.121 e. The molecule has 8 fully saturated rings. The Morgan fingerprint density at radius 1 is 0.349 bits per heavy atom. The van der Waals surface area contributed by atoms with Gasteiger partial charge in [-0.15, -0.1) is 0 Å². The lowest BCUT2D eigenvalue weighted by molar-refractivity contribution is -0.126. The van der Waals surface area contributed by atoms with E-state index in [0.29, 0.717) is 33.9 Å². The molecule has 0 unspecified atom stereocenters. The van der Waals surface area contributed by atoms with E-state index in [1.807, 2.05) is 0 Å². The Labute approximate surface area is 520 Å². The largest absolute Gasteiger partial charge is 0.494 e. The monoisotopic (exact) mass is 1170 g/mol. The summed E-state index contributed by atoms with van der Waals surface area (Å²) >= 11 is 0. The predicted molar refractivity (Wildman–Crippen MR) is 356 cm³/mol. The molecule has 8 aliphatic heterocycles. The van der Waals surface area contributed by atoms with Gasteiger partial charge in [-0.25, -0.2) is 0 Å². The van der Waals surface area contributed by atoms with Gasteiger partial charge in [-0.05, 0) is 295 Å². The van der Waals surface area contributed by atoms with Crippen molar-refractivity contribution in [1.29, 1.82) is 0 Å². The molecule has 8 aliphatic carbocycles. The molecule has 0 radical (unpaired) electrons. The average molecular weight is 1170 g/mol. The third-order valence-corrected chi connectivity index (χ3v) is 26.9. The van der Waals surface area contributed by atoms with Gasteiger partial charge in [-0.1, -0.05) is 65.8 Å². The molecule has 0 spiro atoms. The zero-order chi connectivity index (χ0) is 58.9. The summed E-state index contributed by atoms with van der Waals surface area (Å²) in [6, 6.07) is 34.9. The van der Waals surface area contributed by atoms with Crippen LogP contribution in [0, 0.1) is 92.7 Å². The van der Waals surface area contributed by atoms with Gasteiger partial charge < -0.3 is 40.2 Å². The number of benzene rings is 4. The van der Waals surface area contributed by atoms with E-state index < -0.39 is 0 Å². The number of hydrogen-bond acceptors (Lipinski definition) is 8. The quantitative estimate of drug-likeness (QED) is 0.139. The first-order chi connectivity index (χ1) is 41.8. The van der Waals surface area contributed by atoms with Gasteiger partial charge in [0, 0.05) is 73.2 Å². The molecular formula is C78H112N4O4. The Morgan fingerprint density at radius 2 is 0.698 bits per heavy atom. The molecule has 16 aliphatic rings. The van der Waals surface area contributed by atoms with Crippen molar-refractivity contribution in [2.75, 3.05) is 60.7 Å². The van der Waals surface area contributed by atoms with E-state index in [9.17, 15) is 0 Å². The molecule has 86 heavy (non-hydrogen) atoms. The lowest BCUT2D eigenvalue weighted by Crippen LogP contribution is -2.54. The summed E-state index contributed by atoms with van der Waals surface area (Å²) < 4.78 is 26.7. The van der Waals surface area contributed by atoms with Crippen LogP contribution in [0.25, 0.3) is 0 Å². The fraction of sp³-hybridized carbons (Fsp3) is 0.692. The summed E-state index contributed by atoms with van der Waals surface area (Å²) in [4.78, 5) is 0. The lowest BCUT2D eigenvalue weighted by Gasteiger charge is -2.61. The minimum absolute atomic E-state index is 0.311. The second-order valence-electron chi connectivity index (χ2n) is 31.3. The standard InChI is InChI=1S/C78H112N4O4/c1-53-15-11-45-83-61-21-7-17-57(49-61)79-41-13-43-81-60-20-10-24-64(52-60)86-66-34-38-76(4)56(48-66)26-28-68-72-32-30-70(78(72,6)40-36-74(68)76)54(2)16-12-46-84-62-22-8-18-58(50-62)80-42-14-44-82-59-19-9-23-63(51-59)85-65-33-37-75(3)55(47-65)25-27-67-71-31-29-69(53)77(71,5)39-35-73(67)75/h7-10,17-24,49-56,65-74,79-82H,11-16,25-48H2,1-6H3/t53-,54-,55-,56-,65+,66+,67+,68+,69-,70-,71+,72+,73+,74+,75+,76+,77-,78-/m1/s1. The van der Waals surface area contributed by atoms with Crippen LogP contribution in [0.15, 0.2) is 97.1 Å². The topological polar surface area (TPSA) is 85.0 Å². The van der Waals surface area contributed by atoms with Crippen molar-refractivity contribution < 1.29 is 18.9 Å². The van der Waals surface area contributed by atoms with Crippen molar-refractivity contribution >= 4 is 22.7 Å². The minimum atomic E-state index is 0.311. The van der Waals surface area contributed by atoms with Gasteiger partial charge in [0.2, 0.25) is 0 Å². The normalized spacial score (nSPS) is 39.7. The molecule has 468 valence electrons. The van der Waals surface area contributed by atoms with Gasteiger partial charge in [0.1, 0.15) is 23.0 Å². The van der Waals surface area contributed by atoms with Crippen molar-refractivity contribution in [2.24, 2.45) is 92.7 Å². The van der Waals surface area contributed by atoms with Crippen molar-refractivity contribution in [1.82, 2.24) is 0 Å². The first-order valence-electron chi connectivity index (χ1n) is 35.8. The van der Waals surface area contributed by atoms with Crippen LogP contribution < -0.4 is 40.2 Å². The van der Waals surface area contributed by atoms with Crippen molar-refractivity contribution in [2.45, 2.75) is 208 Å². The van der Waals surface area contributed by atoms with Crippen LogP contribution in [0.5, 0.6) is 23.0 Å². The molecule has 18 atom stereocenters. The van der Waals surface area contributed by atoms with Crippen LogP contribution in [0.1, 0.15) is 196 Å². The van der Waals surface area contributed by atoms with Crippen LogP contribution in [-0.4, -0.2) is 51.6 Å². The van der Waals surface area contributed by atoms with Crippen molar-refractivity contribution in [3.63, 3.8) is 0 Å². The first-order valence-corrected chi connectivity index (χ1v) is 35.8. The Morgan fingerprint density at radius 3 is 1.10 bits per heavy atom. The molecule has 8 heterocycles. The zero-order valence-corrected chi connectivity index (χ0v) is 54.2. The summed E-state index contributed by atoms with van der Waals surface area (Å²) in [5.41, 5.74) is 6.44. The van der Waals surface area contributed by atoms with Crippen LogP contribution >= 0.6 is 0 Å². The highest BCUT2D eigenvalue weighted by molar-refractivity contribution is 5.51. The second-order valence-corrected chi connectivity index (χ2v) is 31.3. The number of nitrogens with one attached hydrogen (secondary N) is 4.